The molecule has 0 saturated carbocycles. The molecule has 1 amide bonds. The van der Waals surface area contributed by atoms with E-state index < -0.39 is 12.7 Å². The first-order valence-corrected chi connectivity index (χ1v) is 14.6. The number of methoxy groups -OCH3 is 1. The minimum Gasteiger partial charge on any atom is -0.495 e. The average Bonchev–Trinajstić information content (AvgIpc) is 3.33. The molecular formula is C32H38F3N5O3. The molecule has 0 bridgehead atoms. The van der Waals surface area contributed by atoms with Gasteiger partial charge in [-0.15, -0.1) is 0 Å². The van der Waals surface area contributed by atoms with Gasteiger partial charge >= 0.3 is 6.18 Å². The minimum atomic E-state index is -4.40. The van der Waals surface area contributed by atoms with Gasteiger partial charge in [-0.05, 0) is 88.1 Å². The van der Waals surface area contributed by atoms with E-state index in [1.807, 2.05) is 6.07 Å². The monoisotopic (exact) mass is 597 g/mol. The molecule has 0 atom stereocenters. The summed E-state index contributed by atoms with van der Waals surface area (Å²) in [6.45, 7) is 2.25. The Labute approximate surface area is 249 Å². The molecule has 3 heterocycles. The second kappa shape index (κ2) is 13.6. The third kappa shape index (κ3) is 7.94. The summed E-state index contributed by atoms with van der Waals surface area (Å²) in [5.74, 6) is 6.20. The van der Waals surface area contributed by atoms with Crippen molar-refractivity contribution in [3.63, 3.8) is 0 Å². The van der Waals surface area contributed by atoms with Crippen molar-refractivity contribution in [1.82, 2.24) is 14.8 Å². The van der Waals surface area contributed by atoms with Crippen LogP contribution in [0.2, 0.25) is 0 Å². The Hall–Kier alpha value is -3.88. The zero-order valence-corrected chi connectivity index (χ0v) is 24.5. The van der Waals surface area contributed by atoms with Crippen LogP contribution in [-0.4, -0.2) is 80.6 Å². The maximum atomic E-state index is 13.6. The van der Waals surface area contributed by atoms with Crippen LogP contribution in [0.1, 0.15) is 41.7 Å². The molecule has 1 aromatic heterocycles. The lowest BCUT2D eigenvalue weighted by atomic mass is 10.0. The summed E-state index contributed by atoms with van der Waals surface area (Å²) in [7, 11) is 3.60. The fraction of sp³-hybridized carbons (Fsp3) is 0.469. The van der Waals surface area contributed by atoms with Gasteiger partial charge in [0.25, 0.3) is 5.91 Å². The normalized spacial score (nSPS) is 16.9. The molecule has 2 aliphatic heterocycles. The summed E-state index contributed by atoms with van der Waals surface area (Å²) in [5.41, 5.74) is 2.70. The first kappa shape index (κ1) is 30.6. The van der Waals surface area contributed by atoms with Crippen LogP contribution in [0.25, 0.3) is 10.9 Å². The lowest BCUT2D eigenvalue weighted by Gasteiger charge is -2.30. The molecular weight excluding hydrogens is 559 g/mol. The SMILES string of the molecule is COc1cc(C(=O)NC2CCOCC2)ccc1NCC#Cc1cc2c(NC3CCN(C)CC3)cccc2n1CC(F)(F)F. The molecule has 2 saturated heterocycles. The lowest BCUT2D eigenvalue weighted by Crippen LogP contribution is -2.38. The molecule has 2 aliphatic rings. The number of carbonyl (C=O) groups excluding carboxylic acids is 1. The molecule has 0 radical (unpaired) electrons. The first-order chi connectivity index (χ1) is 20.7. The molecule has 230 valence electrons. The fourth-order valence-corrected chi connectivity index (χ4v) is 5.60. The van der Waals surface area contributed by atoms with Crippen LogP contribution < -0.4 is 20.7 Å². The number of anilines is 2. The van der Waals surface area contributed by atoms with Crippen LogP contribution in [0.4, 0.5) is 24.5 Å². The van der Waals surface area contributed by atoms with Crippen molar-refractivity contribution in [2.75, 3.05) is 57.6 Å². The summed E-state index contributed by atoms with van der Waals surface area (Å²) in [6, 6.07) is 12.6. The second-order valence-corrected chi connectivity index (χ2v) is 11.1. The van der Waals surface area contributed by atoms with Crippen LogP contribution in [0.5, 0.6) is 5.75 Å². The Kier molecular flexibility index (Phi) is 9.68. The van der Waals surface area contributed by atoms with E-state index in [9.17, 15) is 18.0 Å². The Bertz CT molecular complexity index is 1480. The number of benzene rings is 2. The third-order valence-corrected chi connectivity index (χ3v) is 7.97. The number of ether oxygens (including phenoxy) is 2. The smallest absolute Gasteiger partial charge is 0.406 e. The molecule has 3 N–H and O–H groups in total. The highest BCUT2D eigenvalue weighted by atomic mass is 19.4. The van der Waals surface area contributed by atoms with E-state index >= 15 is 0 Å². The number of hydrogen-bond donors (Lipinski definition) is 3. The molecule has 8 nitrogen and oxygen atoms in total. The number of aromatic nitrogens is 1. The van der Waals surface area contributed by atoms with Gasteiger partial charge in [-0.25, -0.2) is 0 Å². The zero-order chi connectivity index (χ0) is 30.4. The number of hydrogen-bond acceptors (Lipinski definition) is 6. The summed E-state index contributed by atoms with van der Waals surface area (Å²) >= 11 is 0. The van der Waals surface area contributed by atoms with Gasteiger partial charge < -0.3 is 34.9 Å². The molecule has 0 aliphatic carbocycles. The van der Waals surface area contributed by atoms with E-state index in [0.717, 1.165) is 49.8 Å². The van der Waals surface area contributed by atoms with Gasteiger partial charge in [-0.1, -0.05) is 12.0 Å². The number of halogens is 3. The van der Waals surface area contributed by atoms with Gasteiger partial charge in [0.15, 0.2) is 0 Å². The van der Waals surface area contributed by atoms with Gasteiger partial charge in [-0.3, -0.25) is 4.79 Å². The van der Waals surface area contributed by atoms with Crippen molar-refractivity contribution in [2.45, 2.75) is 50.5 Å². The van der Waals surface area contributed by atoms with Crippen LogP contribution in [0.15, 0.2) is 42.5 Å². The van der Waals surface area contributed by atoms with Gasteiger partial charge in [0.1, 0.15) is 12.3 Å². The van der Waals surface area contributed by atoms with Crippen molar-refractivity contribution in [3.8, 4) is 17.6 Å². The third-order valence-electron chi connectivity index (χ3n) is 7.97. The summed E-state index contributed by atoms with van der Waals surface area (Å²) in [5, 5.41) is 10.5. The highest BCUT2D eigenvalue weighted by Crippen LogP contribution is 2.31. The van der Waals surface area contributed by atoms with Crippen molar-refractivity contribution in [1.29, 1.82) is 0 Å². The highest BCUT2D eigenvalue weighted by molar-refractivity contribution is 5.95. The first-order valence-electron chi connectivity index (χ1n) is 14.6. The Morgan fingerprint density at radius 2 is 1.81 bits per heavy atom. The van der Waals surface area contributed by atoms with Crippen LogP contribution in [0.3, 0.4) is 0 Å². The van der Waals surface area contributed by atoms with E-state index in [-0.39, 0.29) is 24.5 Å². The molecule has 43 heavy (non-hydrogen) atoms. The second-order valence-electron chi connectivity index (χ2n) is 11.1. The van der Waals surface area contributed by atoms with E-state index in [1.54, 1.807) is 36.4 Å². The van der Waals surface area contributed by atoms with E-state index in [0.29, 0.717) is 41.4 Å². The number of rotatable bonds is 8. The molecule has 11 heteroatoms. The predicted octanol–water partition coefficient (Wildman–Crippen LogP) is 5.09. The van der Waals surface area contributed by atoms with Crippen molar-refractivity contribution >= 4 is 28.2 Å². The molecule has 2 aromatic carbocycles. The van der Waals surface area contributed by atoms with E-state index in [1.165, 1.54) is 11.7 Å². The van der Waals surface area contributed by atoms with Crippen molar-refractivity contribution in [3.05, 3.63) is 53.7 Å². The van der Waals surface area contributed by atoms with Gasteiger partial charge in [-0.2, -0.15) is 13.2 Å². The van der Waals surface area contributed by atoms with Crippen LogP contribution in [-0.2, 0) is 11.3 Å². The number of alkyl halides is 3. The predicted molar refractivity (Wildman–Crippen MR) is 162 cm³/mol. The molecule has 0 spiro atoms. The quantitative estimate of drug-likeness (QED) is 0.314. The number of nitrogens with one attached hydrogen (secondary N) is 3. The summed E-state index contributed by atoms with van der Waals surface area (Å²) < 4.78 is 52.9. The number of amides is 1. The van der Waals surface area contributed by atoms with E-state index in [4.69, 9.17) is 9.47 Å². The zero-order valence-electron chi connectivity index (χ0n) is 24.5. The van der Waals surface area contributed by atoms with Gasteiger partial charge in [0, 0.05) is 41.9 Å². The fourth-order valence-electron chi connectivity index (χ4n) is 5.60. The van der Waals surface area contributed by atoms with Crippen LogP contribution >= 0.6 is 0 Å². The lowest BCUT2D eigenvalue weighted by molar-refractivity contribution is -0.140. The molecule has 3 aromatic rings. The topological polar surface area (TPSA) is 79.8 Å². The Morgan fingerprint density at radius 1 is 1.05 bits per heavy atom. The number of piperidine rings is 1. The molecule has 2 fully saturated rings. The Balaban J connectivity index is 1.31. The highest BCUT2D eigenvalue weighted by Gasteiger charge is 2.30. The molecule has 0 unspecified atom stereocenters. The maximum absolute atomic E-state index is 13.6. The minimum absolute atomic E-state index is 0.0781. The number of nitrogens with zero attached hydrogens (tertiary/aromatic N) is 2. The summed E-state index contributed by atoms with van der Waals surface area (Å²) in [6.07, 6.45) is -0.901. The van der Waals surface area contributed by atoms with Gasteiger partial charge in [0.05, 0.1) is 30.6 Å². The summed E-state index contributed by atoms with van der Waals surface area (Å²) in [4.78, 5) is 15.0. The maximum Gasteiger partial charge on any atom is 0.406 e. The standard InChI is InChI=1S/C32H38F3N5O3/c1-39-15-10-23(11-16-39)37-27-6-3-7-29-26(27)20-25(40(29)21-32(33,34)35)5-4-14-36-28-9-8-22(19-30(28)42-2)31(41)38-24-12-17-43-18-13-24/h3,6-9,19-20,23-24,36-37H,10-18,21H2,1-2H3,(H,38,41). The average molecular weight is 598 g/mol. The van der Waals surface area contributed by atoms with Gasteiger partial charge in [0.2, 0.25) is 0 Å². The van der Waals surface area contributed by atoms with Crippen molar-refractivity contribution in [2.24, 2.45) is 0 Å². The molecule has 5 rings (SSSR count). The number of fused-ring (bicyclic) bond motifs is 1. The van der Waals surface area contributed by atoms with Crippen LogP contribution in [0, 0.1) is 11.8 Å². The number of carbonyl (C=O) groups is 1. The van der Waals surface area contributed by atoms with E-state index in [2.05, 4.69) is 39.7 Å². The van der Waals surface area contributed by atoms with Crippen molar-refractivity contribution < 1.29 is 27.4 Å². The number of likely N-dealkylation sites (tertiary alicyclic amines) is 1. The Morgan fingerprint density at radius 3 is 2.53 bits per heavy atom. The largest absolute Gasteiger partial charge is 0.495 e.